The molecule has 0 saturated heterocycles. The molecule has 3 rings (SSSR count). The number of carbonyl (C=O) groups is 2. The van der Waals surface area contributed by atoms with Crippen LogP contribution in [0.25, 0.3) is 11.4 Å². The molecule has 9 heteroatoms. The van der Waals surface area contributed by atoms with Crippen molar-refractivity contribution in [1.29, 1.82) is 0 Å². The molecule has 1 aliphatic carbocycles. The van der Waals surface area contributed by atoms with E-state index in [1.807, 2.05) is 24.3 Å². The van der Waals surface area contributed by atoms with Crippen LogP contribution in [0.5, 0.6) is 0 Å². The second kappa shape index (κ2) is 8.09. The number of thioether (sulfide) groups is 1. The number of nitrogens with two attached hydrogens (primary N) is 1. The van der Waals surface area contributed by atoms with Crippen molar-refractivity contribution in [2.24, 2.45) is 5.73 Å². The van der Waals surface area contributed by atoms with Gasteiger partial charge in [-0.2, -0.15) is 0 Å². The van der Waals surface area contributed by atoms with Gasteiger partial charge in [-0.1, -0.05) is 48.3 Å². The second-order valence-corrected chi connectivity index (χ2v) is 7.92. The largest absolute Gasteiger partial charge is 0.351 e. The smallest absolute Gasteiger partial charge is 0.318 e. The number of nitrogens with zero attached hydrogens (tertiary/aromatic N) is 3. The maximum atomic E-state index is 12.0. The van der Waals surface area contributed by atoms with Crippen LogP contribution < -0.4 is 11.1 Å². The standard InChI is InChI=1S/C17H20ClN5O2S/c1-10(15(24)20-16(19)25)26-17-22-21-14(12-8-4-5-9-13(12)18)23(17)11-6-2-3-7-11/h4-5,8-11H,2-3,6-7H2,1H3,(H3,19,20,24,25). The van der Waals surface area contributed by atoms with E-state index in [9.17, 15) is 9.59 Å². The van der Waals surface area contributed by atoms with Crippen molar-refractivity contribution in [3.63, 3.8) is 0 Å². The Hall–Kier alpha value is -2.06. The molecule has 1 aliphatic rings. The van der Waals surface area contributed by atoms with Crippen molar-refractivity contribution in [2.75, 3.05) is 0 Å². The highest BCUT2D eigenvalue weighted by molar-refractivity contribution is 8.00. The van der Waals surface area contributed by atoms with Gasteiger partial charge in [-0.3, -0.25) is 14.7 Å². The Kier molecular flexibility index (Phi) is 5.83. The predicted molar refractivity (Wildman–Crippen MR) is 101 cm³/mol. The number of rotatable bonds is 5. The van der Waals surface area contributed by atoms with Crippen molar-refractivity contribution in [3.8, 4) is 11.4 Å². The molecule has 0 radical (unpaired) electrons. The van der Waals surface area contributed by atoms with E-state index in [0.717, 1.165) is 31.2 Å². The van der Waals surface area contributed by atoms with Crippen LogP contribution in [0.2, 0.25) is 5.02 Å². The first-order valence-electron chi connectivity index (χ1n) is 8.44. The average molecular weight is 394 g/mol. The summed E-state index contributed by atoms with van der Waals surface area (Å²) < 4.78 is 2.08. The molecule has 0 spiro atoms. The fourth-order valence-electron chi connectivity index (χ4n) is 3.11. The third-order valence-corrected chi connectivity index (χ3v) is 5.75. The van der Waals surface area contributed by atoms with Gasteiger partial charge >= 0.3 is 6.03 Å². The number of carbonyl (C=O) groups excluding carboxylic acids is 2. The quantitative estimate of drug-likeness (QED) is 0.758. The first-order chi connectivity index (χ1) is 12.5. The number of imide groups is 1. The van der Waals surface area contributed by atoms with Gasteiger partial charge in [-0.15, -0.1) is 10.2 Å². The second-order valence-electron chi connectivity index (χ2n) is 6.21. The van der Waals surface area contributed by atoms with E-state index in [-0.39, 0.29) is 6.04 Å². The Morgan fingerprint density at radius 1 is 1.31 bits per heavy atom. The molecule has 1 fully saturated rings. The molecule has 1 aromatic carbocycles. The fourth-order valence-corrected chi connectivity index (χ4v) is 4.25. The lowest BCUT2D eigenvalue weighted by molar-refractivity contribution is -0.119. The van der Waals surface area contributed by atoms with Crippen LogP contribution in [0, 0.1) is 0 Å². The summed E-state index contributed by atoms with van der Waals surface area (Å²) in [5, 5.41) is 11.5. The summed E-state index contributed by atoms with van der Waals surface area (Å²) in [5.74, 6) is 0.246. The summed E-state index contributed by atoms with van der Waals surface area (Å²) in [5.41, 5.74) is 5.84. The monoisotopic (exact) mass is 393 g/mol. The predicted octanol–water partition coefficient (Wildman–Crippen LogP) is 3.39. The summed E-state index contributed by atoms with van der Waals surface area (Å²) in [6.07, 6.45) is 4.36. The highest BCUT2D eigenvalue weighted by Crippen LogP contribution is 2.38. The van der Waals surface area contributed by atoms with Crippen LogP contribution in [-0.2, 0) is 4.79 Å². The summed E-state index contributed by atoms with van der Waals surface area (Å²) in [6, 6.07) is 6.91. The molecule has 1 aromatic heterocycles. The Morgan fingerprint density at radius 3 is 2.65 bits per heavy atom. The first kappa shape index (κ1) is 18.7. The normalized spacial score (nSPS) is 15.8. The van der Waals surface area contributed by atoms with Gasteiger partial charge in [0.05, 0.1) is 10.3 Å². The van der Waals surface area contributed by atoms with Gasteiger partial charge in [0, 0.05) is 11.6 Å². The minimum Gasteiger partial charge on any atom is -0.351 e. The van der Waals surface area contributed by atoms with E-state index in [0.29, 0.717) is 16.0 Å². The van der Waals surface area contributed by atoms with E-state index < -0.39 is 17.2 Å². The van der Waals surface area contributed by atoms with Crippen LogP contribution in [-0.4, -0.2) is 32.0 Å². The summed E-state index contributed by atoms with van der Waals surface area (Å²) in [4.78, 5) is 22.9. The first-order valence-corrected chi connectivity index (χ1v) is 9.70. The maximum absolute atomic E-state index is 12.0. The zero-order valence-electron chi connectivity index (χ0n) is 14.3. The number of hydrogen-bond donors (Lipinski definition) is 2. The molecule has 0 bridgehead atoms. The minimum atomic E-state index is -0.864. The van der Waals surface area contributed by atoms with Crippen molar-refractivity contribution >= 4 is 35.3 Å². The lowest BCUT2D eigenvalue weighted by Gasteiger charge is -2.18. The number of nitrogens with one attached hydrogen (secondary N) is 1. The lowest BCUT2D eigenvalue weighted by atomic mass is 10.2. The zero-order valence-corrected chi connectivity index (χ0v) is 15.9. The maximum Gasteiger partial charge on any atom is 0.318 e. The van der Waals surface area contributed by atoms with Crippen molar-refractivity contribution in [2.45, 2.75) is 49.1 Å². The minimum absolute atomic E-state index is 0.269. The van der Waals surface area contributed by atoms with Gasteiger partial charge in [0.2, 0.25) is 5.91 Å². The van der Waals surface area contributed by atoms with E-state index in [2.05, 4.69) is 20.1 Å². The summed E-state index contributed by atoms with van der Waals surface area (Å²) in [7, 11) is 0. The van der Waals surface area contributed by atoms with Crippen LogP contribution in [0.4, 0.5) is 4.79 Å². The van der Waals surface area contributed by atoms with E-state index in [4.69, 9.17) is 17.3 Å². The Balaban J connectivity index is 1.94. The van der Waals surface area contributed by atoms with Crippen LogP contribution in [0.1, 0.15) is 38.6 Å². The molecule has 7 nitrogen and oxygen atoms in total. The highest BCUT2D eigenvalue weighted by atomic mass is 35.5. The van der Waals surface area contributed by atoms with Gasteiger partial charge in [0.15, 0.2) is 11.0 Å². The Bertz CT molecular complexity index is 819. The molecule has 1 saturated carbocycles. The van der Waals surface area contributed by atoms with E-state index in [1.165, 1.54) is 11.8 Å². The molecule has 138 valence electrons. The van der Waals surface area contributed by atoms with Gasteiger partial charge < -0.3 is 5.73 Å². The average Bonchev–Trinajstić information content (AvgIpc) is 3.24. The molecule has 1 atom stereocenters. The molecule has 1 unspecified atom stereocenters. The molecular formula is C17H20ClN5O2S. The van der Waals surface area contributed by atoms with Crippen molar-refractivity contribution < 1.29 is 9.59 Å². The summed E-state index contributed by atoms with van der Waals surface area (Å²) in [6.45, 7) is 1.70. The van der Waals surface area contributed by atoms with Gasteiger partial charge in [-0.05, 0) is 31.9 Å². The topological polar surface area (TPSA) is 103 Å². The van der Waals surface area contributed by atoms with Crippen molar-refractivity contribution in [3.05, 3.63) is 29.3 Å². The Morgan fingerprint density at radius 2 is 2.00 bits per heavy atom. The molecular weight excluding hydrogens is 374 g/mol. The number of halogens is 1. The third kappa shape index (κ3) is 4.02. The fraction of sp³-hybridized carbons (Fsp3) is 0.412. The van der Waals surface area contributed by atoms with Gasteiger partial charge in [0.25, 0.3) is 0 Å². The van der Waals surface area contributed by atoms with Gasteiger partial charge in [0.1, 0.15) is 0 Å². The number of benzene rings is 1. The zero-order chi connectivity index (χ0) is 18.7. The molecule has 3 N–H and O–H groups in total. The number of aromatic nitrogens is 3. The SMILES string of the molecule is CC(Sc1nnc(-c2ccccc2Cl)n1C1CCCC1)C(=O)NC(N)=O. The Labute approximate surface area is 160 Å². The van der Waals surface area contributed by atoms with Crippen LogP contribution >= 0.6 is 23.4 Å². The van der Waals surface area contributed by atoms with Gasteiger partial charge in [-0.25, -0.2) is 4.79 Å². The molecule has 0 aliphatic heterocycles. The molecule has 1 heterocycles. The molecule has 3 amide bonds. The highest BCUT2D eigenvalue weighted by Gasteiger charge is 2.28. The molecule has 26 heavy (non-hydrogen) atoms. The molecule has 2 aromatic rings. The van der Waals surface area contributed by atoms with Crippen molar-refractivity contribution in [1.82, 2.24) is 20.1 Å². The number of hydrogen-bond acceptors (Lipinski definition) is 5. The number of urea groups is 1. The number of primary amides is 1. The number of amides is 3. The van der Waals surface area contributed by atoms with Crippen LogP contribution in [0.15, 0.2) is 29.4 Å². The lowest BCUT2D eigenvalue weighted by Crippen LogP contribution is -2.39. The summed E-state index contributed by atoms with van der Waals surface area (Å²) >= 11 is 7.61. The van der Waals surface area contributed by atoms with E-state index in [1.54, 1.807) is 6.92 Å². The van der Waals surface area contributed by atoms with E-state index >= 15 is 0 Å². The van der Waals surface area contributed by atoms with Crippen LogP contribution in [0.3, 0.4) is 0 Å². The third-order valence-electron chi connectivity index (χ3n) is 4.37.